The smallest absolute Gasteiger partial charge is 0.170 e. The maximum absolute atomic E-state index is 10.5. The number of nitrogens with one attached hydrogen (secondary N) is 1. The first kappa shape index (κ1) is 21.6. The first-order valence-corrected chi connectivity index (χ1v) is 10.9. The number of hydrogen-bond donors (Lipinski definition) is 2. The second-order valence-electron chi connectivity index (χ2n) is 7.61. The Hall–Kier alpha value is -2.61. The van der Waals surface area contributed by atoms with E-state index in [4.69, 9.17) is 28.6 Å². The molecule has 8 heteroatoms. The molecule has 2 N–H and O–H groups in total. The molecule has 0 bridgehead atoms. The number of benzene rings is 1. The zero-order valence-corrected chi connectivity index (χ0v) is 19.2. The first-order chi connectivity index (χ1) is 14.9. The van der Waals surface area contributed by atoms with Crippen LogP contribution in [0.1, 0.15) is 34.7 Å². The van der Waals surface area contributed by atoms with Gasteiger partial charge in [-0.2, -0.15) is 0 Å². The predicted molar refractivity (Wildman–Crippen MR) is 126 cm³/mol. The molecule has 3 aromatic rings. The lowest BCUT2D eigenvalue weighted by Gasteiger charge is -2.28. The fourth-order valence-electron chi connectivity index (χ4n) is 4.31. The van der Waals surface area contributed by atoms with E-state index in [1.54, 1.807) is 31.5 Å². The number of pyridine rings is 1. The van der Waals surface area contributed by atoms with Gasteiger partial charge in [0.1, 0.15) is 5.75 Å². The zero-order valence-electron chi connectivity index (χ0n) is 17.7. The number of rotatable bonds is 6. The number of thiocarbonyl (C=S) groups is 1. The number of methoxy groups -OCH3 is 1. The molecule has 162 valence electrons. The molecule has 2 aromatic heterocycles. The van der Waals surface area contributed by atoms with Gasteiger partial charge in [0, 0.05) is 36.3 Å². The van der Waals surface area contributed by atoms with Crippen molar-refractivity contribution in [1.29, 1.82) is 0 Å². The van der Waals surface area contributed by atoms with Crippen LogP contribution in [0.25, 0.3) is 5.69 Å². The molecule has 0 aliphatic carbocycles. The van der Waals surface area contributed by atoms with E-state index in [2.05, 4.69) is 21.3 Å². The molecule has 0 spiro atoms. The Morgan fingerprint density at radius 3 is 2.74 bits per heavy atom. The molecule has 4 rings (SSSR count). The number of phenolic OH excluding ortho intramolecular Hbond substituents is 1. The van der Waals surface area contributed by atoms with Crippen LogP contribution in [0.15, 0.2) is 48.7 Å². The summed E-state index contributed by atoms with van der Waals surface area (Å²) in [6.45, 7) is 5.28. The lowest BCUT2D eigenvalue weighted by atomic mass is 9.97. The molecule has 1 aliphatic rings. The van der Waals surface area contributed by atoms with E-state index in [1.807, 2.05) is 36.6 Å². The minimum Gasteiger partial charge on any atom is -0.506 e. The lowest BCUT2D eigenvalue weighted by Crippen LogP contribution is -2.32. The van der Waals surface area contributed by atoms with E-state index in [0.717, 1.165) is 22.6 Å². The summed E-state index contributed by atoms with van der Waals surface area (Å²) in [5.41, 5.74) is 4.69. The third-order valence-electron chi connectivity index (χ3n) is 5.70. The quantitative estimate of drug-likeness (QED) is 0.534. The topological polar surface area (TPSA) is 62.5 Å². The average Bonchev–Trinajstić information content (AvgIpc) is 3.24. The van der Waals surface area contributed by atoms with E-state index in [0.29, 0.717) is 29.0 Å². The second kappa shape index (κ2) is 8.86. The van der Waals surface area contributed by atoms with E-state index in [1.165, 1.54) is 0 Å². The molecular formula is C23H25ClN4O2S. The number of halogens is 1. The van der Waals surface area contributed by atoms with E-state index in [9.17, 15) is 5.11 Å². The summed E-state index contributed by atoms with van der Waals surface area (Å²) >= 11 is 11.9. The number of aromatic nitrogens is 2. The molecular weight excluding hydrogens is 432 g/mol. The van der Waals surface area contributed by atoms with Gasteiger partial charge >= 0.3 is 0 Å². The van der Waals surface area contributed by atoms with Crippen LogP contribution in [0.3, 0.4) is 0 Å². The number of aromatic hydroxyl groups is 1. The summed E-state index contributed by atoms with van der Waals surface area (Å²) in [7, 11) is 1.69. The Morgan fingerprint density at radius 2 is 2.03 bits per heavy atom. The van der Waals surface area contributed by atoms with Gasteiger partial charge in [0.25, 0.3) is 0 Å². The Bertz CT molecular complexity index is 1100. The van der Waals surface area contributed by atoms with Gasteiger partial charge < -0.3 is 24.6 Å². The third-order valence-corrected chi connectivity index (χ3v) is 6.29. The predicted octanol–water partition coefficient (Wildman–Crippen LogP) is 4.47. The van der Waals surface area contributed by atoms with Crippen molar-refractivity contribution in [3.8, 4) is 11.4 Å². The SMILES string of the molecule is COCCN1C(=S)NC(c2ccccn2)C1c1cc(C)n(-c2cc(Cl)ccc2O)c1C. The van der Waals surface area contributed by atoms with Crippen molar-refractivity contribution < 1.29 is 9.84 Å². The molecule has 0 radical (unpaired) electrons. The van der Waals surface area contributed by atoms with E-state index in [-0.39, 0.29) is 17.8 Å². The molecule has 1 fully saturated rings. The fourth-order valence-corrected chi connectivity index (χ4v) is 4.81. The molecule has 31 heavy (non-hydrogen) atoms. The number of hydrogen-bond acceptors (Lipinski definition) is 4. The normalized spacial score (nSPS) is 18.5. The third kappa shape index (κ3) is 4.01. The highest BCUT2D eigenvalue weighted by molar-refractivity contribution is 7.80. The number of aryl methyl sites for hydroxylation is 1. The average molecular weight is 457 g/mol. The molecule has 0 amide bonds. The van der Waals surface area contributed by atoms with Crippen LogP contribution in [0.2, 0.25) is 5.02 Å². The standard InChI is InChI=1S/C23H25ClN4O2S/c1-14-12-17(15(2)28(14)19-13-16(24)7-8-20(19)29)22-21(18-6-4-5-9-25-18)26-23(31)27(22)10-11-30-3/h4-9,12-13,21-22,29H,10-11H2,1-3H3,(H,26,31). The van der Waals surface area contributed by atoms with Crippen molar-refractivity contribution in [2.75, 3.05) is 20.3 Å². The molecule has 1 aromatic carbocycles. The lowest BCUT2D eigenvalue weighted by molar-refractivity contribution is 0.164. The fraction of sp³-hybridized carbons (Fsp3) is 0.304. The zero-order chi connectivity index (χ0) is 22.1. The molecule has 1 saturated heterocycles. The van der Waals surface area contributed by atoms with Gasteiger partial charge in [0.05, 0.1) is 30.1 Å². The van der Waals surface area contributed by atoms with Crippen molar-refractivity contribution in [2.45, 2.75) is 25.9 Å². The van der Waals surface area contributed by atoms with Gasteiger partial charge in [-0.05, 0) is 68.0 Å². The molecule has 2 atom stereocenters. The second-order valence-corrected chi connectivity index (χ2v) is 8.43. The van der Waals surface area contributed by atoms with Gasteiger partial charge in [-0.25, -0.2) is 0 Å². The largest absolute Gasteiger partial charge is 0.506 e. The number of nitrogens with zero attached hydrogens (tertiary/aromatic N) is 3. The van der Waals surface area contributed by atoms with Crippen LogP contribution >= 0.6 is 23.8 Å². The monoisotopic (exact) mass is 456 g/mol. The summed E-state index contributed by atoms with van der Waals surface area (Å²) in [6.07, 6.45) is 1.79. The van der Waals surface area contributed by atoms with E-state index < -0.39 is 0 Å². The Labute approximate surface area is 192 Å². The van der Waals surface area contributed by atoms with Gasteiger partial charge in [0.2, 0.25) is 0 Å². The summed E-state index contributed by atoms with van der Waals surface area (Å²) in [5, 5.41) is 15.2. The van der Waals surface area contributed by atoms with E-state index >= 15 is 0 Å². The summed E-state index contributed by atoms with van der Waals surface area (Å²) in [6, 6.07) is 12.9. The minimum absolute atomic E-state index is 0.0705. The van der Waals surface area contributed by atoms with Gasteiger partial charge in [0.15, 0.2) is 5.11 Å². The van der Waals surface area contributed by atoms with Crippen molar-refractivity contribution in [2.24, 2.45) is 0 Å². The van der Waals surface area contributed by atoms with Gasteiger partial charge in [-0.3, -0.25) is 4.98 Å². The van der Waals surface area contributed by atoms with Crippen molar-refractivity contribution in [3.63, 3.8) is 0 Å². The molecule has 0 saturated carbocycles. The minimum atomic E-state index is -0.104. The number of phenols is 1. The van der Waals surface area contributed by atoms with Gasteiger partial charge in [-0.15, -0.1) is 0 Å². The highest BCUT2D eigenvalue weighted by atomic mass is 35.5. The molecule has 6 nitrogen and oxygen atoms in total. The van der Waals surface area contributed by atoms with Crippen molar-refractivity contribution >= 4 is 28.9 Å². The van der Waals surface area contributed by atoms with Crippen LogP contribution in [0.5, 0.6) is 5.75 Å². The van der Waals surface area contributed by atoms with Crippen LogP contribution in [-0.2, 0) is 4.74 Å². The summed E-state index contributed by atoms with van der Waals surface area (Å²) < 4.78 is 7.37. The Kier molecular flexibility index (Phi) is 6.18. The maximum Gasteiger partial charge on any atom is 0.170 e. The number of ether oxygens (including phenoxy) is 1. The first-order valence-electron chi connectivity index (χ1n) is 10.1. The van der Waals surface area contributed by atoms with Crippen molar-refractivity contribution in [1.82, 2.24) is 19.8 Å². The van der Waals surface area contributed by atoms with Crippen LogP contribution < -0.4 is 5.32 Å². The molecule has 1 aliphatic heterocycles. The van der Waals surface area contributed by atoms with Crippen LogP contribution in [0.4, 0.5) is 0 Å². The molecule has 3 heterocycles. The van der Waals surface area contributed by atoms with Gasteiger partial charge in [-0.1, -0.05) is 17.7 Å². The van der Waals surface area contributed by atoms with Crippen LogP contribution in [-0.4, -0.2) is 44.9 Å². The highest BCUT2D eigenvalue weighted by Crippen LogP contribution is 2.42. The summed E-state index contributed by atoms with van der Waals surface area (Å²) in [4.78, 5) is 6.74. The molecule has 2 unspecified atom stereocenters. The highest BCUT2D eigenvalue weighted by Gasteiger charge is 2.41. The van der Waals surface area contributed by atoms with Crippen molar-refractivity contribution in [3.05, 3.63) is 76.3 Å². The Balaban J connectivity index is 1.84. The Morgan fingerprint density at radius 1 is 1.23 bits per heavy atom. The van der Waals surface area contributed by atoms with Crippen LogP contribution in [0, 0.1) is 13.8 Å². The maximum atomic E-state index is 10.5. The summed E-state index contributed by atoms with van der Waals surface area (Å²) in [5.74, 6) is 0.176.